The molecule has 2 aliphatic rings. The minimum absolute atomic E-state index is 0.764. The summed E-state index contributed by atoms with van der Waals surface area (Å²) in [6.45, 7) is 2.41. The molecule has 3 rings (SSSR count). The first kappa shape index (κ1) is 10.3. The molecule has 1 aliphatic carbocycles. The highest BCUT2D eigenvalue weighted by Gasteiger charge is 2.35. The summed E-state index contributed by atoms with van der Waals surface area (Å²) >= 11 is 0. The molecule has 1 aromatic carbocycles. The lowest BCUT2D eigenvalue weighted by molar-refractivity contribution is 0.146. The van der Waals surface area contributed by atoms with Crippen LogP contribution in [0.25, 0.3) is 0 Å². The zero-order chi connectivity index (χ0) is 10.8. The van der Waals surface area contributed by atoms with Gasteiger partial charge in [0.1, 0.15) is 0 Å². The molecular formula is C15H21N. The first-order chi connectivity index (χ1) is 7.95. The Morgan fingerprint density at radius 3 is 2.50 bits per heavy atom. The largest absolute Gasteiger partial charge is 0.316 e. The van der Waals surface area contributed by atoms with E-state index in [0.717, 1.165) is 17.8 Å². The van der Waals surface area contributed by atoms with E-state index in [1.807, 2.05) is 0 Å². The average molecular weight is 215 g/mol. The third-order valence-electron chi connectivity index (χ3n) is 4.52. The molecule has 1 heterocycles. The summed E-state index contributed by atoms with van der Waals surface area (Å²) in [5.41, 5.74) is 1.55. The Labute approximate surface area is 98.3 Å². The second-order valence-electron chi connectivity index (χ2n) is 5.36. The highest BCUT2D eigenvalue weighted by Crippen LogP contribution is 2.43. The van der Waals surface area contributed by atoms with E-state index in [9.17, 15) is 0 Å². The van der Waals surface area contributed by atoms with Crippen LogP contribution < -0.4 is 5.32 Å². The molecule has 2 fully saturated rings. The van der Waals surface area contributed by atoms with Crippen LogP contribution in [-0.2, 0) is 0 Å². The maximum Gasteiger partial charge on any atom is 0.00229 e. The fourth-order valence-corrected chi connectivity index (χ4v) is 3.38. The van der Waals surface area contributed by atoms with E-state index in [4.69, 9.17) is 0 Å². The van der Waals surface area contributed by atoms with Crippen LogP contribution in [0.2, 0.25) is 0 Å². The minimum atomic E-state index is 0.764. The summed E-state index contributed by atoms with van der Waals surface area (Å²) in [7, 11) is 0. The maximum atomic E-state index is 3.57. The SMILES string of the molecule is c1ccc(C2CNCCC2C2CCC2)cc1. The summed E-state index contributed by atoms with van der Waals surface area (Å²) in [4.78, 5) is 0. The first-order valence-electron chi connectivity index (χ1n) is 6.71. The van der Waals surface area contributed by atoms with Gasteiger partial charge < -0.3 is 5.32 Å². The summed E-state index contributed by atoms with van der Waals surface area (Å²) in [6, 6.07) is 11.1. The molecule has 1 nitrogen and oxygen atoms in total. The molecule has 16 heavy (non-hydrogen) atoms. The van der Waals surface area contributed by atoms with Gasteiger partial charge >= 0.3 is 0 Å². The van der Waals surface area contributed by atoms with Crippen LogP contribution >= 0.6 is 0 Å². The number of rotatable bonds is 2. The van der Waals surface area contributed by atoms with Crippen molar-refractivity contribution in [3.8, 4) is 0 Å². The number of piperidine rings is 1. The van der Waals surface area contributed by atoms with E-state index in [1.54, 1.807) is 5.56 Å². The number of nitrogens with one attached hydrogen (secondary N) is 1. The topological polar surface area (TPSA) is 12.0 Å². The average Bonchev–Trinajstić information content (AvgIpc) is 2.29. The van der Waals surface area contributed by atoms with Gasteiger partial charge in [-0.1, -0.05) is 49.6 Å². The second kappa shape index (κ2) is 4.58. The van der Waals surface area contributed by atoms with E-state index >= 15 is 0 Å². The van der Waals surface area contributed by atoms with Crippen LogP contribution in [0.4, 0.5) is 0 Å². The molecule has 1 heteroatoms. The van der Waals surface area contributed by atoms with E-state index in [1.165, 1.54) is 38.8 Å². The van der Waals surface area contributed by atoms with Gasteiger partial charge in [-0.2, -0.15) is 0 Å². The van der Waals surface area contributed by atoms with Crippen molar-refractivity contribution >= 4 is 0 Å². The fourth-order valence-electron chi connectivity index (χ4n) is 3.38. The Morgan fingerprint density at radius 2 is 1.81 bits per heavy atom. The van der Waals surface area contributed by atoms with Gasteiger partial charge in [-0.05, 0) is 36.3 Å². The molecule has 0 bridgehead atoms. The quantitative estimate of drug-likeness (QED) is 0.799. The normalized spacial score (nSPS) is 31.0. The molecule has 2 atom stereocenters. The molecule has 0 radical (unpaired) electrons. The number of benzene rings is 1. The third-order valence-corrected chi connectivity index (χ3v) is 4.52. The van der Waals surface area contributed by atoms with Gasteiger partial charge in [-0.15, -0.1) is 0 Å². The highest BCUT2D eigenvalue weighted by molar-refractivity contribution is 5.22. The van der Waals surface area contributed by atoms with Crippen LogP contribution in [0, 0.1) is 11.8 Å². The fraction of sp³-hybridized carbons (Fsp3) is 0.600. The van der Waals surface area contributed by atoms with E-state index in [2.05, 4.69) is 35.6 Å². The standard InChI is InChI=1S/C15H21N/c1-2-5-13(6-3-1)15-11-16-10-9-14(15)12-7-4-8-12/h1-3,5-6,12,14-16H,4,7-11H2. The third kappa shape index (κ3) is 1.89. The van der Waals surface area contributed by atoms with Gasteiger partial charge in [0.15, 0.2) is 0 Å². The zero-order valence-corrected chi connectivity index (χ0v) is 9.86. The van der Waals surface area contributed by atoms with E-state index in [0.29, 0.717) is 0 Å². The smallest absolute Gasteiger partial charge is 0.00229 e. The molecule has 1 aromatic rings. The van der Waals surface area contributed by atoms with Crippen molar-refractivity contribution in [2.45, 2.75) is 31.6 Å². The van der Waals surface area contributed by atoms with Crippen molar-refractivity contribution in [2.24, 2.45) is 11.8 Å². The number of hydrogen-bond donors (Lipinski definition) is 1. The number of hydrogen-bond acceptors (Lipinski definition) is 1. The Hall–Kier alpha value is -0.820. The Balaban J connectivity index is 1.80. The van der Waals surface area contributed by atoms with Crippen LogP contribution in [0.15, 0.2) is 30.3 Å². The van der Waals surface area contributed by atoms with Crippen LogP contribution in [0.3, 0.4) is 0 Å². The highest BCUT2D eigenvalue weighted by atomic mass is 14.9. The predicted molar refractivity (Wildman–Crippen MR) is 67.5 cm³/mol. The molecule has 2 unspecified atom stereocenters. The molecule has 1 saturated carbocycles. The van der Waals surface area contributed by atoms with Crippen molar-refractivity contribution in [1.29, 1.82) is 0 Å². The molecule has 1 aliphatic heterocycles. The predicted octanol–water partition coefficient (Wildman–Crippen LogP) is 3.18. The summed E-state index contributed by atoms with van der Waals surface area (Å²) in [5, 5.41) is 3.57. The van der Waals surface area contributed by atoms with Gasteiger partial charge in [-0.3, -0.25) is 0 Å². The molecule has 86 valence electrons. The van der Waals surface area contributed by atoms with Crippen molar-refractivity contribution in [2.75, 3.05) is 13.1 Å². The Kier molecular flexibility index (Phi) is 2.96. The van der Waals surface area contributed by atoms with Crippen LogP contribution in [0.5, 0.6) is 0 Å². The monoisotopic (exact) mass is 215 g/mol. The molecule has 1 saturated heterocycles. The molecule has 1 N–H and O–H groups in total. The van der Waals surface area contributed by atoms with Crippen molar-refractivity contribution in [3.63, 3.8) is 0 Å². The van der Waals surface area contributed by atoms with E-state index < -0.39 is 0 Å². The maximum absolute atomic E-state index is 3.57. The first-order valence-corrected chi connectivity index (χ1v) is 6.71. The molecule has 0 amide bonds. The van der Waals surface area contributed by atoms with Crippen LogP contribution in [-0.4, -0.2) is 13.1 Å². The molecular weight excluding hydrogens is 194 g/mol. The second-order valence-corrected chi connectivity index (χ2v) is 5.36. The lowest BCUT2D eigenvalue weighted by atomic mass is 9.66. The van der Waals surface area contributed by atoms with Crippen molar-refractivity contribution < 1.29 is 0 Å². The van der Waals surface area contributed by atoms with Crippen molar-refractivity contribution in [3.05, 3.63) is 35.9 Å². The lowest BCUT2D eigenvalue weighted by Crippen LogP contribution is -2.40. The zero-order valence-electron chi connectivity index (χ0n) is 9.86. The van der Waals surface area contributed by atoms with E-state index in [-0.39, 0.29) is 0 Å². The Bertz CT molecular complexity index is 329. The van der Waals surface area contributed by atoms with Gasteiger partial charge in [0.2, 0.25) is 0 Å². The van der Waals surface area contributed by atoms with Gasteiger partial charge in [0.25, 0.3) is 0 Å². The molecule has 0 aromatic heterocycles. The van der Waals surface area contributed by atoms with Gasteiger partial charge in [0.05, 0.1) is 0 Å². The summed E-state index contributed by atoms with van der Waals surface area (Å²) in [6.07, 6.45) is 5.81. The summed E-state index contributed by atoms with van der Waals surface area (Å²) in [5.74, 6) is 2.73. The lowest BCUT2D eigenvalue weighted by Gasteiger charge is -2.42. The van der Waals surface area contributed by atoms with Gasteiger partial charge in [0, 0.05) is 6.54 Å². The van der Waals surface area contributed by atoms with Gasteiger partial charge in [-0.25, -0.2) is 0 Å². The Morgan fingerprint density at radius 1 is 1.00 bits per heavy atom. The van der Waals surface area contributed by atoms with Crippen LogP contribution in [0.1, 0.15) is 37.2 Å². The summed E-state index contributed by atoms with van der Waals surface area (Å²) < 4.78 is 0. The molecule has 0 spiro atoms. The minimum Gasteiger partial charge on any atom is -0.316 e. The van der Waals surface area contributed by atoms with Crippen molar-refractivity contribution in [1.82, 2.24) is 5.32 Å².